The minimum Gasteiger partial charge on any atom is -0.344 e. The second-order valence-electron chi connectivity index (χ2n) is 6.38. The molecular weight excluding hydrogens is 434 g/mol. The number of carbonyl (C=O) groups excluding carboxylic acids is 2. The van der Waals surface area contributed by atoms with Crippen molar-refractivity contribution in [3.63, 3.8) is 0 Å². The minimum absolute atomic E-state index is 0.243. The molecule has 0 saturated carbocycles. The van der Waals surface area contributed by atoms with Gasteiger partial charge in [-0.1, -0.05) is 15.9 Å². The highest BCUT2D eigenvalue weighted by atomic mass is 79.9. The van der Waals surface area contributed by atoms with E-state index in [1.165, 1.54) is 6.21 Å². The molecule has 0 aliphatic heterocycles. The number of benzene rings is 1. The number of aromatic nitrogens is 2. The monoisotopic (exact) mass is 453 g/mol. The highest BCUT2D eigenvalue weighted by Crippen LogP contribution is 2.21. The van der Waals surface area contributed by atoms with Crippen LogP contribution in [0.2, 0.25) is 0 Å². The van der Waals surface area contributed by atoms with E-state index in [-0.39, 0.29) is 6.54 Å². The van der Waals surface area contributed by atoms with Gasteiger partial charge in [-0.05, 0) is 61.9 Å². The molecule has 7 nitrogen and oxygen atoms in total. The van der Waals surface area contributed by atoms with Gasteiger partial charge in [-0.3, -0.25) is 14.6 Å². The molecule has 0 atom stereocenters. The zero-order valence-corrected chi connectivity index (χ0v) is 17.6. The van der Waals surface area contributed by atoms with E-state index in [2.05, 4.69) is 41.3 Å². The summed E-state index contributed by atoms with van der Waals surface area (Å²) in [7, 11) is 0. The molecule has 0 saturated heterocycles. The lowest BCUT2D eigenvalue weighted by Crippen LogP contribution is -2.37. The maximum absolute atomic E-state index is 11.9. The van der Waals surface area contributed by atoms with Crippen molar-refractivity contribution in [2.75, 3.05) is 0 Å². The molecule has 3 rings (SSSR count). The number of aryl methyl sites for hydroxylation is 1. The Kier molecular flexibility index (Phi) is 6.56. The minimum atomic E-state index is -0.822. The van der Waals surface area contributed by atoms with Crippen LogP contribution in [0.5, 0.6) is 0 Å². The third kappa shape index (κ3) is 5.17. The third-order valence-corrected chi connectivity index (χ3v) is 4.86. The van der Waals surface area contributed by atoms with Crippen LogP contribution in [-0.4, -0.2) is 27.6 Å². The van der Waals surface area contributed by atoms with Crippen LogP contribution in [0.15, 0.2) is 64.4 Å². The smallest absolute Gasteiger partial charge is 0.329 e. The second-order valence-corrected chi connectivity index (χ2v) is 7.29. The first-order valence-electron chi connectivity index (χ1n) is 8.90. The molecule has 0 bridgehead atoms. The van der Waals surface area contributed by atoms with Crippen LogP contribution in [0.25, 0.3) is 5.69 Å². The van der Waals surface area contributed by atoms with E-state index in [1.807, 2.05) is 44.2 Å². The number of hydrogen-bond donors (Lipinski definition) is 2. The number of rotatable bonds is 5. The SMILES string of the molecule is Cc1cc(/C=N\NC(=O)C(=O)NCc2ccncc2)c(C)n1-c1ccc(Br)cc1. The summed E-state index contributed by atoms with van der Waals surface area (Å²) >= 11 is 3.44. The summed E-state index contributed by atoms with van der Waals surface area (Å²) in [5.74, 6) is -1.57. The predicted molar refractivity (Wildman–Crippen MR) is 115 cm³/mol. The van der Waals surface area contributed by atoms with Crippen LogP contribution in [0.3, 0.4) is 0 Å². The van der Waals surface area contributed by atoms with Gasteiger partial charge in [0.25, 0.3) is 0 Å². The highest BCUT2D eigenvalue weighted by Gasteiger charge is 2.13. The van der Waals surface area contributed by atoms with Gasteiger partial charge in [-0.15, -0.1) is 0 Å². The Bertz CT molecular complexity index is 1040. The van der Waals surface area contributed by atoms with Crippen molar-refractivity contribution in [1.82, 2.24) is 20.3 Å². The summed E-state index contributed by atoms with van der Waals surface area (Å²) in [4.78, 5) is 27.7. The lowest BCUT2D eigenvalue weighted by molar-refractivity contribution is -0.139. The predicted octanol–water partition coefficient (Wildman–Crippen LogP) is 3.02. The lowest BCUT2D eigenvalue weighted by Gasteiger charge is -2.09. The number of carbonyl (C=O) groups is 2. The molecule has 2 amide bonds. The first-order valence-corrected chi connectivity index (χ1v) is 9.70. The van der Waals surface area contributed by atoms with E-state index in [0.717, 1.165) is 32.7 Å². The zero-order valence-electron chi connectivity index (χ0n) is 16.0. The first-order chi connectivity index (χ1) is 14.0. The highest BCUT2D eigenvalue weighted by molar-refractivity contribution is 9.10. The first kappa shape index (κ1) is 20.5. The van der Waals surface area contributed by atoms with E-state index in [4.69, 9.17) is 0 Å². The molecule has 8 heteroatoms. The molecule has 0 aliphatic rings. The number of amides is 2. The average Bonchev–Trinajstić information content (AvgIpc) is 3.01. The van der Waals surface area contributed by atoms with Crippen LogP contribution < -0.4 is 10.7 Å². The molecular formula is C21H20BrN5O2. The Balaban J connectivity index is 1.61. The second kappa shape index (κ2) is 9.29. The van der Waals surface area contributed by atoms with Crippen molar-refractivity contribution in [3.8, 4) is 5.69 Å². The van der Waals surface area contributed by atoms with E-state index in [0.29, 0.717) is 0 Å². The Labute approximate surface area is 177 Å². The summed E-state index contributed by atoms with van der Waals surface area (Å²) in [5, 5.41) is 6.46. The molecule has 2 N–H and O–H groups in total. The normalized spacial score (nSPS) is 10.9. The molecule has 0 spiro atoms. The van der Waals surface area contributed by atoms with Gasteiger partial charge in [0, 0.05) is 46.0 Å². The van der Waals surface area contributed by atoms with Crippen LogP contribution in [0.1, 0.15) is 22.5 Å². The Morgan fingerprint density at radius 1 is 1.10 bits per heavy atom. The summed E-state index contributed by atoms with van der Waals surface area (Å²) in [6, 6.07) is 13.5. The molecule has 1 aromatic carbocycles. The van der Waals surface area contributed by atoms with Gasteiger partial charge >= 0.3 is 11.8 Å². The number of nitrogens with one attached hydrogen (secondary N) is 2. The van der Waals surface area contributed by atoms with Gasteiger partial charge in [0.1, 0.15) is 0 Å². The Morgan fingerprint density at radius 3 is 2.48 bits per heavy atom. The van der Waals surface area contributed by atoms with Gasteiger partial charge < -0.3 is 9.88 Å². The van der Waals surface area contributed by atoms with Gasteiger partial charge in [-0.25, -0.2) is 5.43 Å². The van der Waals surface area contributed by atoms with Gasteiger partial charge in [0.15, 0.2) is 0 Å². The average molecular weight is 454 g/mol. The Hall–Kier alpha value is -3.26. The topological polar surface area (TPSA) is 88.4 Å². The fourth-order valence-corrected chi connectivity index (χ4v) is 3.14. The standard InChI is InChI=1S/C21H20BrN5O2/c1-14-11-17(15(2)27(14)19-5-3-18(22)4-6-19)13-25-26-21(29)20(28)24-12-16-7-9-23-10-8-16/h3-11,13H,12H2,1-2H3,(H,24,28)(H,26,29)/b25-13-. The van der Waals surface area contributed by atoms with Crippen LogP contribution >= 0.6 is 15.9 Å². The molecule has 3 aromatic rings. The van der Waals surface area contributed by atoms with Crippen LogP contribution in [0.4, 0.5) is 0 Å². The molecule has 2 aromatic heterocycles. The van der Waals surface area contributed by atoms with Gasteiger partial charge in [0.05, 0.1) is 6.21 Å². The lowest BCUT2D eigenvalue weighted by atomic mass is 10.2. The maximum atomic E-state index is 11.9. The number of hydrazone groups is 1. The number of pyridine rings is 1. The van der Waals surface area contributed by atoms with Crippen molar-refractivity contribution in [2.45, 2.75) is 20.4 Å². The number of nitrogens with zero attached hydrogens (tertiary/aromatic N) is 3. The molecule has 2 heterocycles. The fraction of sp³-hybridized carbons (Fsp3) is 0.143. The summed E-state index contributed by atoms with van der Waals surface area (Å²) in [6.07, 6.45) is 4.78. The van der Waals surface area contributed by atoms with Gasteiger partial charge in [0.2, 0.25) is 0 Å². The van der Waals surface area contributed by atoms with Crippen LogP contribution in [-0.2, 0) is 16.1 Å². The molecule has 0 fully saturated rings. The molecule has 0 unspecified atom stereocenters. The fourth-order valence-electron chi connectivity index (χ4n) is 2.88. The summed E-state index contributed by atoms with van der Waals surface area (Å²) < 4.78 is 3.10. The maximum Gasteiger partial charge on any atom is 0.329 e. The molecule has 148 valence electrons. The summed E-state index contributed by atoms with van der Waals surface area (Å²) in [6.45, 7) is 4.21. The number of halogens is 1. The quantitative estimate of drug-likeness (QED) is 0.353. The molecule has 29 heavy (non-hydrogen) atoms. The number of hydrogen-bond acceptors (Lipinski definition) is 4. The van der Waals surface area contributed by atoms with Crippen molar-refractivity contribution >= 4 is 34.0 Å². The van der Waals surface area contributed by atoms with Crippen molar-refractivity contribution in [1.29, 1.82) is 0 Å². The summed E-state index contributed by atoms with van der Waals surface area (Å²) in [5.41, 5.74) is 7.00. The van der Waals surface area contributed by atoms with E-state index >= 15 is 0 Å². The van der Waals surface area contributed by atoms with Crippen LogP contribution in [0, 0.1) is 13.8 Å². The van der Waals surface area contributed by atoms with Gasteiger partial charge in [-0.2, -0.15) is 5.10 Å². The van der Waals surface area contributed by atoms with E-state index in [1.54, 1.807) is 24.5 Å². The largest absolute Gasteiger partial charge is 0.344 e. The zero-order chi connectivity index (χ0) is 20.8. The molecule has 0 radical (unpaired) electrons. The van der Waals surface area contributed by atoms with Crippen molar-refractivity contribution in [3.05, 3.63) is 81.8 Å². The van der Waals surface area contributed by atoms with E-state index < -0.39 is 11.8 Å². The van der Waals surface area contributed by atoms with Crippen molar-refractivity contribution < 1.29 is 9.59 Å². The Morgan fingerprint density at radius 2 is 1.79 bits per heavy atom. The third-order valence-electron chi connectivity index (χ3n) is 4.33. The molecule has 0 aliphatic carbocycles. The van der Waals surface area contributed by atoms with Crippen molar-refractivity contribution in [2.24, 2.45) is 5.10 Å². The van der Waals surface area contributed by atoms with E-state index in [9.17, 15) is 9.59 Å².